The van der Waals surface area contributed by atoms with Gasteiger partial charge in [-0.15, -0.1) is 0 Å². The Morgan fingerprint density at radius 2 is 1.81 bits per heavy atom. The van der Waals surface area contributed by atoms with Crippen molar-refractivity contribution in [3.8, 4) is 11.5 Å². The van der Waals surface area contributed by atoms with E-state index in [0.29, 0.717) is 12.4 Å². The lowest BCUT2D eigenvalue weighted by molar-refractivity contribution is -0.210. The van der Waals surface area contributed by atoms with Gasteiger partial charge in [-0.05, 0) is 30.7 Å². The molecule has 16 heavy (non-hydrogen) atoms. The quantitative estimate of drug-likeness (QED) is 0.423. The zero-order valence-corrected chi connectivity index (χ0v) is 9.56. The van der Waals surface area contributed by atoms with Gasteiger partial charge in [0.2, 0.25) is 0 Å². The van der Waals surface area contributed by atoms with E-state index >= 15 is 0 Å². The van der Waals surface area contributed by atoms with E-state index in [1.165, 1.54) is 6.92 Å². The summed E-state index contributed by atoms with van der Waals surface area (Å²) in [5, 5.41) is 0. The van der Waals surface area contributed by atoms with Gasteiger partial charge < -0.3 is 4.74 Å². The molecule has 0 atom stereocenters. The molecule has 1 rings (SSSR count). The van der Waals surface area contributed by atoms with Crippen molar-refractivity contribution in [2.24, 2.45) is 0 Å². The Bertz CT molecular complexity index is 318. The SMILES string of the molecule is CCCCOc1ccc(OOC(C)=O)cc1. The van der Waals surface area contributed by atoms with Gasteiger partial charge in [0.05, 0.1) is 6.61 Å². The van der Waals surface area contributed by atoms with Gasteiger partial charge >= 0.3 is 5.97 Å². The van der Waals surface area contributed by atoms with Gasteiger partial charge in [0, 0.05) is 6.92 Å². The van der Waals surface area contributed by atoms with Crippen LogP contribution < -0.4 is 9.62 Å². The number of ether oxygens (including phenoxy) is 1. The van der Waals surface area contributed by atoms with E-state index in [4.69, 9.17) is 9.62 Å². The van der Waals surface area contributed by atoms with Crippen molar-refractivity contribution in [3.05, 3.63) is 24.3 Å². The maximum atomic E-state index is 10.5. The average molecular weight is 224 g/mol. The van der Waals surface area contributed by atoms with Gasteiger partial charge in [-0.25, -0.2) is 4.79 Å². The maximum absolute atomic E-state index is 10.5. The predicted molar refractivity (Wildman–Crippen MR) is 59.2 cm³/mol. The molecule has 0 spiro atoms. The van der Waals surface area contributed by atoms with Crippen LogP contribution in [0.3, 0.4) is 0 Å². The highest BCUT2D eigenvalue weighted by molar-refractivity contribution is 5.65. The van der Waals surface area contributed by atoms with Crippen LogP contribution in [0.4, 0.5) is 0 Å². The zero-order valence-electron chi connectivity index (χ0n) is 9.56. The minimum Gasteiger partial charge on any atom is -0.494 e. The summed E-state index contributed by atoms with van der Waals surface area (Å²) in [5.74, 6) is 0.768. The molecule has 0 saturated heterocycles. The highest BCUT2D eigenvalue weighted by Gasteiger charge is 1.99. The van der Waals surface area contributed by atoms with E-state index < -0.39 is 5.97 Å². The summed E-state index contributed by atoms with van der Waals surface area (Å²) < 4.78 is 5.46. The molecule has 0 aromatic heterocycles. The molecular weight excluding hydrogens is 208 g/mol. The molecule has 88 valence electrons. The van der Waals surface area contributed by atoms with Crippen molar-refractivity contribution in [1.29, 1.82) is 0 Å². The van der Waals surface area contributed by atoms with Crippen molar-refractivity contribution in [2.45, 2.75) is 26.7 Å². The molecule has 0 aliphatic rings. The Morgan fingerprint density at radius 3 is 2.38 bits per heavy atom. The van der Waals surface area contributed by atoms with Crippen molar-refractivity contribution in [2.75, 3.05) is 6.61 Å². The molecule has 0 aliphatic heterocycles. The topological polar surface area (TPSA) is 44.8 Å². The molecule has 0 saturated carbocycles. The third kappa shape index (κ3) is 4.68. The first-order valence-corrected chi connectivity index (χ1v) is 5.30. The van der Waals surface area contributed by atoms with Crippen molar-refractivity contribution in [3.63, 3.8) is 0 Å². The zero-order chi connectivity index (χ0) is 11.8. The highest BCUT2D eigenvalue weighted by atomic mass is 17.2. The first kappa shape index (κ1) is 12.4. The lowest BCUT2D eigenvalue weighted by atomic mass is 10.3. The highest BCUT2D eigenvalue weighted by Crippen LogP contribution is 2.17. The molecule has 0 radical (unpaired) electrons. The van der Waals surface area contributed by atoms with E-state index in [1.54, 1.807) is 24.3 Å². The number of unbranched alkanes of at least 4 members (excludes halogenated alkanes) is 1. The fourth-order valence-electron chi connectivity index (χ4n) is 1.03. The van der Waals surface area contributed by atoms with Gasteiger partial charge in [0.15, 0.2) is 5.75 Å². The van der Waals surface area contributed by atoms with Crippen LogP contribution >= 0.6 is 0 Å². The molecule has 0 fully saturated rings. The summed E-state index contributed by atoms with van der Waals surface area (Å²) in [7, 11) is 0. The Morgan fingerprint density at radius 1 is 1.19 bits per heavy atom. The van der Waals surface area contributed by atoms with E-state index in [-0.39, 0.29) is 0 Å². The van der Waals surface area contributed by atoms with Gasteiger partial charge in [0.1, 0.15) is 5.75 Å². The molecule has 0 unspecified atom stereocenters. The maximum Gasteiger partial charge on any atom is 0.352 e. The van der Waals surface area contributed by atoms with E-state index in [1.807, 2.05) is 0 Å². The van der Waals surface area contributed by atoms with E-state index in [0.717, 1.165) is 18.6 Å². The Hall–Kier alpha value is -1.71. The number of hydrogen-bond acceptors (Lipinski definition) is 4. The number of carbonyl (C=O) groups is 1. The monoisotopic (exact) mass is 224 g/mol. The molecule has 1 aromatic rings. The van der Waals surface area contributed by atoms with Crippen molar-refractivity contribution in [1.82, 2.24) is 0 Å². The summed E-state index contributed by atoms with van der Waals surface area (Å²) in [6.45, 7) is 4.10. The van der Waals surface area contributed by atoms with Gasteiger partial charge in [-0.1, -0.05) is 13.3 Å². The molecule has 0 heterocycles. The molecule has 0 amide bonds. The van der Waals surface area contributed by atoms with Crippen LogP contribution in [-0.2, 0) is 9.68 Å². The standard InChI is InChI=1S/C12H16O4/c1-3-4-9-14-11-5-7-12(8-6-11)16-15-10(2)13/h5-8H,3-4,9H2,1-2H3. The smallest absolute Gasteiger partial charge is 0.352 e. The molecular formula is C12H16O4. The van der Waals surface area contributed by atoms with Crippen molar-refractivity contribution < 1.29 is 19.3 Å². The normalized spacial score (nSPS) is 9.62. The van der Waals surface area contributed by atoms with Gasteiger partial charge in [0.25, 0.3) is 0 Å². The van der Waals surface area contributed by atoms with Crippen LogP contribution in [0.15, 0.2) is 24.3 Å². The number of carbonyl (C=O) groups excluding carboxylic acids is 1. The minimum absolute atomic E-state index is 0.470. The molecule has 1 aromatic carbocycles. The summed E-state index contributed by atoms with van der Waals surface area (Å²) in [4.78, 5) is 19.6. The van der Waals surface area contributed by atoms with Crippen LogP contribution in [0.2, 0.25) is 0 Å². The van der Waals surface area contributed by atoms with E-state index in [9.17, 15) is 4.79 Å². The fourth-order valence-corrected chi connectivity index (χ4v) is 1.03. The Kier molecular flexibility index (Phi) is 5.19. The summed E-state index contributed by atoms with van der Waals surface area (Å²) in [6, 6.07) is 6.91. The predicted octanol–water partition coefficient (Wildman–Crippen LogP) is 2.72. The summed E-state index contributed by atoms with van der Waals surface area (Å²) in [6.07, 6.45) is 2.14. The van der Waals surface area contributed by atoms with E-state index in [2.05, 4.69) is 11.8 Å². The van der Waals surface area contributed by atoms with Crippen molar-refractivity contribution >= 4 is 5.97 Å². The fraction of sp³-hybridized carbons (Fsp3) is 0.417. The van der Waals surface area contributed by atoms with Crippen LogP contribution in [0.25, 0.3) is 0 Å². The van der Waals surface area contributed by atoms with Gasteiger partial charge in [-0.2, -0.15) is 0 Å². The second-order valence-electron chi connectivity index (χ2n) is 3.33. The first-order chi connectivity index (χ1) is 7.72. The van der Waals surface area contributed by atoms with Crippen LogP contribution in [0.5, 0.6) is 11.5 Å². The lowest BCUT2D eigenvalue weighted by Crippen LogP contribution is -2.02. The third-order valence-corrected chi connectivity index (χ3v) is 1.85. The largest absolute Gasteiger partial charge is 0.494 e. The second-order valence-corrected chi connectivity index (χ2v) is 3.33. The number of rotatable bonds is 6. The Labute approximate surface area is 95.1 Å². The van der Waals surface area contributed by atoms with Gasteiger partial charge in [-0.3, -0.25) is 9.78 Å². The molecule has 4 nitrogen and oxygen atoms in total. The number of hydrogen-bond donors (Lipinski definition) is 0. The molecule has 0 bridgehead atoms. The minimum atomic E-state index is -0.483. The second kappa shape index (κ2) is 6.71. The average Bonchev–Trinajstić information content (AvgIpc) is 2.28. The molecule has 0 aliphatic carbocycles. The summed E-state index contributed by atoms with van der Waals surface area (Å²) in [5.41, 5.74) is 0. The lowest BCUT2D eigenvalue weighted by Gasteiger charge is -2.06. The Balaban J connectivity index is 2.38. The number of benzene rings is 1. The molecule has 4 heteroatoms. The third-order valence-electron chi connectivity index (χ3n) is 1.85. The first-order valence-electron chi connectivity index (χ1n) is 5.30. The molecule has 0 N–H and O–H groups in total. The summed E-state index contributed by atoms with van der Waals surface area (Å²) >= 11 is 0. The van der Waals surface area contributed by atoms with Crippen LogP contribution in [0.1, 0.15) is 26.7 Å². The van der Waals surface area contributed by atoms with Crippen LogP contribution in [0, 0.1) is 0 Å². The van der Waals surface area contributed by atoms with Crippen LogP contribution in [-0.4, -0.2) is 12.6 Å².